The van der Waals surface area contributed by atoms with Crippen LogP contribution in [0.1, 0.15) is 44.6 Å². The number of rotatable bonds is 10. The zero-order chi connectivity index (χ0) is 18.5. The largest absolute Gasteiger partial charge is 0.385 e. The molecule has 0 radical (unpaired) electrons. The Labute approximate surface area is 159 Å². The number of methoxy groups -OCH3 is 1. The van der Waals surface area contributed by atoms with Crippen molar-refractivity contribution in [1.82, 2.24) is 15.5 Å². The number of hydrogen-bond acceptors (Lipinski definition) is 3. The highest BCUT2D eigenvalue weighted by molar-refractivity contribution is 5.80. The van der Waals surface area contributed by atoms with E-state index in [9.17, 15) is 0 Å². The Morgan fingerprint density at radius 3 is 2.62 bits per heavy atom. The van der Waals surface area contributed by atoms with Crippen LogP contribution < -0.4 is 10.6 Å². The average Bonchev–Trinajstić information content (AvgIpc) is 2.67. The topological polar surface area (TPSA) is 48.9 Å². The first kappa shape index (κ1) is 20.7. The number of nitrogens with zero attached hydrogens (tertiary/aromatic N) is 2. The first-order valence-corrected chi connectivity index (χ1v) is 10.1. The Bertz CT molecular complexity index is 498. The number of benzene rings is 1. The monoisotopic (exact) mass is 360 g/mol. The molecule has 5 nitrogen and oxygen atoms in total. The minimum Gasteiger partial charge on any atom is -0.385 e. The van der Waals surface area contributed by atoms with Crippen LogP contribution in [0.5, 0.6) is 0 Å². The lowest BCUT2D eigenvalue weighted by molar-refractivity contribution is 0.192. The lowest BCUT2D eigenvalue weighted by Gasteiger charge is -2.33. The minimum absolute atomic E-state index is 0.522. The SMILES string of the molecule is CCNC(=NCCCCCOC)NC1CCN(Cc2ccccc2)CC1. The highest BCUT2D eigenvalue weighted by Crippen LogP contribution is 2.13. The highest BCUT2D eigenvalue weighted by Gasteiger charge is 2.19. The van der Waals surface area contributed by atoms with E-state index in [0.717, 1.165) is 58.1 Å². The standard InChI is InChI=1S/C21H36N4O/c1-3-22-21(23-14-8-5-9-17-26-2)24-20-12-15-25(16-13-20)18-19-10-6-4-7-11-19/h4,6-7,10-11,20H,3,5,8-9,12-18H2,1-2H3,(H2,22,23,24). The fourth-order valence-electron chi connectivity index (χ4n) is 3.32. The molecule has 0 saturated carbocycles. The van der Waals surface area contributed by atoms with Gasteiger partial charge in [-0.25, -0.2) is 0 Å². The van der Waals surface area contributed by atoms with Crippen molar-refractivity contribution in [3.8, 4) is 0 Å². The summed E-state index contributed by atoms with van der Waals surface area (Å²) in [5, 5.41) is 7.01. The van der Waals surface area contributed by atoms with Crippen LogP contribution in [-0.2, 0) is 11.3 Å². The van der Waals surface area contributed by atoms with Crippen LogP contribution in [0.3, 0.4) is 0 Å². The molecule has 2 N–H and O–H groups in total. The molecule has 0 amide bonds. The Kier molecular flexibility index (Phi) is 10.1. The van der Waals surface area contributed by atoms with Gasteiger partial charge in [0.15, 0.2) is 5.96 Å². The summed E-state index contributed by atoms with van der Waals surface area (Å²) >= 11 is 0. The second-order valence-corrected chi connectivity index (χ2v) is 6.99. The number of nitrogens with one attached hydrogen (secondary N) is 2. The van der Waals surface area contributed by atoms with Gasteiger partial charge in [-0.05, 0) is 44.6 Å². The number of ether oxygens (including phenoxy) is 1. The summed E-state index contributed by atoms with van der Waals surface area (Å²) in [6.45, 7) is 8.10. The zero-order valence-electron chi connectivity index (χ0n) is 16.5. The number of guanidine groups is 1. The molecular weight excluding hydrogens is 324 g/mol. The van der Waals surface area contributed by atoms with Crippen molar-refractivity contribution in [2.24, 2.45) is 4.99 Å². The molecule has 1 aromatic carbocycles. The Morgan fingerprint density at radius 2 is 1.92 bits per heavy atom. The first-order valence-electron chi connectivity index (χ1n) is 10.1. The van der Waals surface area contributed by atoms with Crippen LogP contribution in [0.2, 0.25) is 0 Å². The molecule has 5 heteroatoms. The maximum atomic E-state index is 5.09. The van der Waals surface area contributed by atoms with Gasteiger partial charge in [0.25, 0.3) is 0 Å². The molecule has 1 aliphatic rings. The van der Waals surface area contributed by atoms with Gasteiger partial charge < -0.3 is 15.4 Å². The Morgan fingerprint density at radius 1 is 1.15 bits per heavy atom. The van der Waals surface area contributed by atoms with Gasteiger partial charge >= 0.3 is 0 Å². The summed E-state index contributed by atoms with van der Waals surface area (Å²) < 4.78 is 5.09. The van der Waals surface area contributed by atoms with Crippen LogP contribution in [0.25, 0.3) is 0 Å². The summed E-state index contributed by atoms with van der Waals surface area (Å²) in [5.41, 5.74) is 1.40. The van der Waals surface area contributed by atoms with Gasteiger partial charge in [0.05, 0.1) is 0 Å². The number of aliphatic imine (C=N–C) groups is 1. The van der Waals surface area contributed by atoms with E-state index in [-0.39, 0.29) is 0 Å². The van der Waals surface area contributed by atoms with Crippen molar-refractivity contribution >= 4 is 5.96 Å². The summed E-state index contributed by atoms with van der Waals surface area (Å²) in [6, 6.07) is 11.3. The van der Waals surface area contributed by atoms with Crippen molar-refractivity contribution in [3.05, 3.63) is 35.9 Å². The summed E-state index contributed by atoms with van der Waals surface area (Å²) in [7, 11) is 1.76. The molecule has 146 valence electrons. The normalized spacial score (nSPS) is 16.6. The second kappa shape index (κ2) is 12.7. The van der Waals surface area contributed by atoms with E-state index in [1.54, 1.807) is 7.11 Å². The number of likely N-dealkylation sites (tertiary alicyclic amines) is 1. The number of unbranched alkanes of at least 4 members (excludes halogenated alkanes) is 2. The van der Waals surface area contributed by atoms with Gasteiger partial charge in [0, 0.05) is 52.5 Å². The number of piperidine rings is 1. The van der Waals surface area contributed by atoms with Crippen molar-refractivity contribution < 1.29 is 4.74 Å². The molecule has 0 bridgehead atoms. The van der Waals surface area contributed by atoms with Crippen LogP contribution in [0, 0.1) is 0 Å². The van der Waals surface area contributed by atoms with E-state index in [1.165, 1.54) is 24.8 Å². The van der Waals surface area contributed by atoms with Gasteiger partial charge in [-0.3, -0.25) is 9.89 Å². The minimum atomic E-state index is 0.522. The van der Waals surface area contributed by atoms with Crippen LogP contribution >= 0.6 is 0 Å². The zero-order valence-corrected chi connectivity index (χ0v) is 16.5. The fourth-order valence-corrected chi connectivity index (χ4v) is 3.32. The van der Waals surface area contributed by atoms with Gasteiger partial charge in [0.2, 0.25) is 0 Å². The number of hydrogen-bond donors (Lipinski definition) is 2. The van der Waals surface area contributed by atoms with Crippen molar-refractivity contribution in [2.45, 2.75) is 51.6 Å². The van der Waals surface area contributed by atoms with Crippen molar-refractivity contribution in [1.29, 1.82) is 0 Å². The molecule has 0 atom stereocenters. The molecule has 0 aliphatic carbocycles. The molecular formula is C21H36N4O. The molecule has 1 aliphatic heterocycles. The van der Waals surface area contributed by atoms with Gasteiger partial charge in [0.1, 0.15) is 0 Å². The second-order valence-electron chi connectivity index (χ2n) is 6.99. The highest BCUT2D eigenvalue weighted by atomic mass is 16.5. The van der Waals surface area contributed by atoms with Crippen molar-refractivity contribution in [2.75, 3.05) is 39.9 Å². The maximum absolute atomic E-state index is 5.09. The Hall–Kier alpha value is -1.59. The third-order valence-corrected chi connectivity index (χ3v) is 4.80. The van der Waals surface area contributed by atoms with E-state index in [4.69, 9.17) is 9.73 Å². The van der Waals surface area contributed by atoms with Gasteiger partial charge in [-0.2, -0.15) is 0 Å². The lowest BCUT2D eigenvalue weighted by Crippen LogP contribution is -2.48. The summed E-state index contributed by atoms with van der Waals surface area (Å²) in [4.78, 5) is 7.28. The smallest absolute Gasteiger partial charge is 0.191 e. The lowest BCUT2D eigenvalue weighted by atomic mass is 10.0. The van der Waals surface area contributed by atoms with Gasteiger partial charge in [-0.1, -0.05) is 30.3 Å². The molecule has 0 unspecified atom stereocenters. The quantitative estimate of drug-likeness (QED) is 0.383. The van der Waals surface area contributed by atoms with Crippen LogP contribution in [-0.4, -0.2) is 56.8 Å². The van der Waals surface area contributed by atoms with Gasteiger partial charge in [-0.15, -0.1) is 0 Å². The maximum Gasteiger partial charge on any atom is 0.191 e. The van der Waals surface area contributed by atoms with Crippen LogP contribution in [0.15, 0.2) is 35.3 Å². The summed E-state index contributed by atoms with van der Waals surface area (Å²) in [6.07, 6.45) is 5.76. The van der Waals surface area contributed by atoms with E-state index < -0.39 is 0 Å². The average molecular weight is 361 g/mol. The van der Waals surface area contributed by atoms with Crippen molar-refractivity contribution in [3.63, 3.8) is 0 Å². The third kappa shape index (κ3) is 8.19. The molecule has 1 saturated heterocycles. The first-order chi connectivity index (χ1) is 12.8. The molecule has 1 aromatic rings. The predicted molar refractivity (Wildman–Crippen MR) is 110 cm³/mol. The van der Waals surface area contributed by atoms with E-state index >= 15 is 0 Å². The van der Waals surface area contributed by atoms with E-state index in [1.807, 2.05) is 0 Å². The predicted octanol–water partition coefficient (Wildman–Crippen LogP) is 3.02. The third-order valence-electron chi connectivity index (χ3n) is 4.80. The molecule has 1 fully saturated rings. The van der Waals surface area contributed by atoms with Crippen LogP contribution in [0.4, 0.5) is 0 Å². The van der Waals surface area contributed by atoms with E-state index in [2.05, 4.69) is 52.8 Å². The molecule has 2 rings (SSSR count). The summed E-state index contributed by atoms with van der Waals surface area (Å²) in [5.74, 6) is 0.973. The van der Waals surface area contributed by atoms with E-state index in [0.29, 0.717) is 6.04 Å². The Balaban J connectivity index is 1.69. The molecule has 0 spiro atoms. The molecule has 1 heterocycles. The molecule has 0 aromatic heterocycles. The fraction of sp³-hybridized carbons (Fsp3) is 0.667. The molecule has 26 heavy (non-hydrogen) atoms.